The number of hydrogen-bond donors (Lipinski definition) is 1. The number of carbonyl (C=O) groups excluding carboxylic acids is 1. The van der Waals surface area contributed by atoms with Crippen molar-refractivity contribution in [2.45, 2.75) is 32.8 Å². The Morgan fingerprint density at radius 1 is 1.64 bits per heavy atom. The summed E-state index contributed by atoms with van der Waals surface area (Å²) in [6.07, 6.45) is 4.66. The summed E-state index contributed by atoms with van der Waals surface area (Å²) in [6, 6.07) is 0. The van der Waals surface area contributed by atoms with Crippen molar-refractivity contribution in [3.63, 3.8) is 0 Å². The zero-order valence-electron chi connectivity index (χ0n) is 8.62. The lowest BCUT2D eigenvalue weighted by Crippen LogP contribution is -2.01. The normalized spacial score (nSPS) is 19.2. The molecule has 3 heteroatoms. The molecule has 1 aliphatic rings. The Hall–Kier alpha value is -1.09. The number of ether oxygens (including phenoxy) is 1. The van der Waals surface area contributed by atoms with E-state index in [1.807, 2.05) is 13.0 Å². The van der Waals surface area contributed by atoms with Gasteiger partial charge < -0.3 is 9.84 Å². The number of allylic oxidation sites excluding steroid dienone is 1. The van der Waals surface area contributed by atoms with E-state index in [1.165, 1.54) is 0 Å². The summed E-state index contributed by atoms with van der Waals surface area (Å²) >= 11 is 0. The molecule has 3 nitrogen and oxygen atoms in total. The van der Waals surface area contributed by atoms with Crippen LogP contribution in [0.3, 0.4) is 0 Å². The molecule has 0 fully saturated rings. The zero-order valence-corrected chi connectivity index (χ0v) is 8.62. The Morgan fingerprint density at radius 2 is 2.36 bits per heavy atom. The van der Waals surface area contributed by atoms with E-state index in [4.69, 9.17) is 9.84 Å². The molecule has 1 atom stereocenters. The second kappa shape index (κ2) is 4.96. The van der Waals surface area contributed by atoms with Crippen LogP contribution < -0.4 is 0 Å². The van der Waals surface area contributed by atoms with Crippen LogP contribution in [0, 0.1) is 0 Å². The lowest BCUT2D eigenvalue weighted by Gasteiger charge is -2.03. The van der Waals surface area contributed by atoms with Crippen molar-refractivity contribution in [3.8, 4) is 0 Å². The van der Waals surface area contributed by atoms with Gasteiger partial charge in [0, 0.05) is 0 Å². The first kappa shape index (κ1) is 11.0. The first-order valence-corrected chi connectivity index (χ1v) is 4.85. The molecule has 1 N–H and O–H groups in total. The highest BCUT2D eigenvalue weighted by atomic mass is 16.5. The van der Waals surface area contributed by atoms with E-state index < -0.39 is 0 Å². The van der Waals surface area contributed by atoms with Crippen molar-refractivity contribution in [3.05, 3.63) is 23.3 Å². The van der Waals surface area contributed by atoms with E-state index in [0.717, 1.165) is 12.0 Å². The maximum atomic E-state index is 11.2. The molecule has 0 aromatic carbocycles. The Balaban J connectivity index is 2.67. The van der Waals surface area contributed by atoms with Gasteiger partial charge in [0.25, 0.3) is 0 Å². The van der Waals surface area contributed by atoms with Crippen molar-refractivity contribution in [2.75, 3.05) is 6.61 Å². The Morgan fingerprint density at radius 3 is 2.93 bits per heavy atom. The zero-order chi connectivity index (χ0) is 10.6. The summed E-state index contributed by atoms with van der Waals surface area (Å²) < 4.78 is 4.92. The van der Waals surface area contributed by atoms with Gasteiger partial charge in [-0.05, 0) is 32.3 Å². The highest BCUT2D eigenvalue weighted by molar-refractivity contribution is 5.94. The van der Waals surface area contributed by atoms with Crippen LogP contribution in [0.25, 0.3) is 0 Å². The maximum Gasteiger partial charge on any atom is 0.338 e. The minimum absolute atomic E-state index is 0.247. The average molecular weight is 196 g/mol. The molecule has 0 bridgehead atoms. The summed E-state index contributed by atoms with van der Waals surface area (Å²) in [4.78, 5) is 11.2. The number of aliphatic hydroxyl groups excluding tert-OH is 1. The van der Waals surface area contributed by atoms with Gasteiger partial charge in [0.2, 0.25) is 0 Å². The van der Waals surface area contributed by atoms with E-state index in [2.05, 4.69) is 0 Å². The highest BCUT2D eigenvalue weighted by Crippen LogP contribution is 2.21. The molecule has 0 aromatic heterocycles. The summed E-state index contributed by atoms with van der Waals surface area (Å²) in [5, 5.41) is 9.13. The molecule has 0 unspecified atom stereocenters. The second-order valence-corrected chi connectivity index (χ2v) is 3.48. The SMILES string of the molecule is C/C=C/C1=C(CC[C@H](C)O)COC1=O. The van der Waals surface area contributed by atoms with Crippen molar-refractivity contribution in [2.24, 2.45) is 0 Å². The van der Waals surface area contributed by atoms with E-state index >= 15 is 0 Å². The van der Waals surface area contributed by atoms with Gasteiger partial charge >= 0.3 is 5.97 Å². The minimum Gasteiger partial charge on any atom is -0.458 e. The molecule has 1 rings (SSSR count). The van der Waals surface area contributed by atoms with Crippen LogP contribution >= 0.6 is 0 Å². The fourth-order valence-corrected chi connectivity index (χ4v) is 1.40. The Labute approximate surface area is 84.1 Å². The van der Waals surface area contributed by atoms with Gasteiger partial charge in [-0.3, -0.25) is 0 Å². The lowest BCUT2D eigenvalue weighted by atomic mass is 10.0. The van der Waals surface area contributed by atoms with Crippen molar-refractivity contribution < 1.29 is 14.6 Å². The van der Waals surface area contributed by atoms with Crippen molar-refractivity contribution >= 4 is 5.97 Å². The Kier molecular flexibility index (Phi) is 3.89. The lowest BCUT2D eigenvalue weighted by molar-refractivity contribution is -0.135. The maximum absolute atomic E-state index is 11.2. The minimum atomic E-state index is -0.329. The smallest absolute Gasteiger partial charge is 0.338 e. The number of carbonyl (C=O) groups is 1. The third-order valence-electron chi connectivity index (χ3n) is 2.18. The van der Waals surface area contributed by atoms with E-state index in [-0.39, 0.29) is 12.1 Å². The number of esters is 1. The molecule has 1 aliphatic heterocycles. The molecule has 1 heterocycles. The van der Waals surface area contributed by atoms with Gasteiger partial charge in [-0.15, -0.1) is 0 Å². The van der Waals surface area contributed by atoms with Crippen molar-refractivity contribution in [1.29, 1.82) is 0 Å². The summed E-state index contributed by atoms with van der Waals surface area (Å²) in [7, 11) is 0. The predicted molar refractivity (Wildman–Crippen MR) is 53.7 cm³/mol. The van der Waals surface area contributed by atoms with Gasteiger partial charge in [0.15, 0.2) is 0 Å². The number of aliphatic hydroxyl groups is 1. The standard InChI is InChI=1S/C11H16O3/c1-3-4-10-9(6-5-8(2)12)7-14-11(10)13/h3-4,8,12H,5-7H2,1-2H3/b4-3+/t8-/m0/s1. The van der Waals surface area contributed by atoms with Crippen LogP contribution in [0.2, 0.25) is 0 Å². The molecule has 0 aromatic rings. The number of hydrogen-bond acceptors (Lipinski definition) is 3. The van der Waals surface area contributed by atoms with Gasteiger partial charge in [0.05, 0.1) is 11.7 Å². The van der Waals surface area contributed by atoms with Gasteiger partial charge in [0.1, 0.15) is 6.61 Å². The summed E-state index contributed by atoms with van der Waals surface area (Å²) in [6.45, 7) is 3.99. The first-order valence-electron chi connectivity index (χ1n) is 4.85. The molecule has 0 aliphatic carbocycles. The van der Waals surface area contributed by atoms with E-state index in [0.29, 0.717) is 18.6 Å². The van der Waals surface area contributed by atoms with Crippen LogP contribution in [0.15, 0.2) is 23.3 Å². The van der Waals surface area contributed by atoms with Crippen LogP contribution in [0.5, 0.6) is 0 Å². The van der Waals surface area contributed by atoms with Gasteiger partial charge in [-0.25, -0.2) is 4.79 Å². The topological polar surface area (TPSA) is 46.5 Å². The molecule has 0 amide bonds. The number of rotatable bonds is 4. The second-order valence-electron chi connectivity index (χ2n) is 3.48. The van der Waals surface area contributed by atoms with Crippen LogP contribution in [0.4, 0.5) is 0 Å². The highest BCUT2D eigenvalue weighted by Gasteiger charge is 2.22. The Bertz CT molecular complexity index is 274. The predicted octanol–water partition coefficient (Wildman–Crippen LogP) is 1.58. The third kappa shape index (κ3) is 2.70. The van der Waals surface area contributed by atoms with Crippen LogP contribution in [0.1, 0.15) is 26.7 Å². The average Bonchev–Trinajstić information content (AvgIpc) is 2.46. The van der Waals surface area contributed by atoms with Crippen LogP contribution in [-0.4, -0.2) is 23.8 Å². The van der Waals surface area contributed by atoms with Gasteiger partial charge in [-0.1, -0.05) is 12.2 Å². The first-order chi connectivity index (χ1) is 6.65. The molecule has 0 radical (unpaired) electrons. The van der Waals surface area contributed by atoms with Crippen LogP contribution in [-0.2, 0) is 9.53 Å². The molecule has 0 saturated carbocycles. The van der Waals surface area contributed by atoms with Gasteiger partial charge in [-0.2, -0.15) is 0 Å². The summed E-state index contributed by atoms with van der Waals surface area (Å²) in [5.41, 5.74) is 1.65. The summed E-state index contributed by atoms with van der Waals surface area (Å²) in [5.74, 6) is -0.247. The largest absolute Gasteiger partial charge is 0.458 e. The molecular weight excluding hydrogens is 180 g/mol. The number of cyclic esters (lactones) is 1. The molecule has 14 heavy (non-hydrogen) atoms. The molecular formula is C11H16O3. The fourth-order valence-electron chi connectivity index (χ4n) is 1.40. The van der Waals surface area contributed by atoms with Crippen molar-refractivity contribution in [1.82, 2.24) is 0 Å². The quantitative estimate of drug-likeness (QED) is 0.694. The monoisotopic (exact) mass is 196 g/mol. The molecule has 78 valence electrons. The molecule has 0 spiro atoms. The third-order valence-corrected chi connectivity index (χ3v) is 2.18. The fraction of sp³-hybridized carbons (Fsp3) is 0.545. The van der Waals surface area contributed by atoms with E-state index in [9.17, 15) is 4.79 Å². The van der Waals surface area contributed by atoms with E-state index in [1.54, 1.807) is 13.0 Å². The molecule has 0 saturated heterocycles.